The zero-order valence-electron chi connectivity index (χ0n) is 8.67. The van der Waals surface area contributed by atoms with Crippen molar-refractivity contribution in [2.75, 3.05) is 5.63 Å². The third-order valence-electron chi connectivity index (χ3n) is 2.43. The van der Waals surface area contributed by atoms with Gasteiger partial charge in [0.15, 0.2) is 0 Å². The number of hydrogen-bond acceptors (Lipinski definition) is 2. The molecule has 1 aliphatic heterocycles. The second-order valence-corrected chi connectivity index (χ2v) is 12.1. The maximum atomic E-state index is 2.60. The van der Waals surface area contributed by atoms with Gasteiger partial charge in [0.1, 0.15) is 0 Å². The number of nitrogens with zero attached hydrogens (tertiary/aromatic N) is 2. The first-order chi connectivity index (χ1) is 7.93. The van der Waals surface area contributed by atoms with Crippen LogP contribution in [-0.2, 0) is 0 Å². The molecule has 1 fully saturated rings. The van der Waals surface area contributed by atoms with Gasteiger partial charge in [0.2, 0.25) is 0 Å². The van der Waals surface area contributed by atoms with Crippen molar-refractivity contribution in [1.29, 1.82) is 0 Å². The fourth-order valence-corrected chi connectivity index (χ4v) is 7.91. The minimum atomic E-state index is -0.114. The molecule has 16 heavy (non-hydrogen) atoms. The normalized spacial score (nSPS) is 14.8. The van der Waals surface area contributed by atoms with Gasteiger partial charge < -0.3 is 0 Å². The summed E-state index contributed by atoms with van der Waals surface area (Å²) in [5, 5.41) is 0. The number of rotatable bonds is 2. The van der Waals surface area contributed by atoms with E-state index >= 15 is 0 Å². The van der Waals surface area contributed by atoms with Gasteiger partial charge in [-0.3, -0.25) is 0 Å². The Balaban J connectivity index is 1.68. The van der Waals surface area contributed by atoms with Crippen LogP contribution in [0.5, 0.6) is 0 Å². The van der Waals surface area contributed by atoms with Crippen LogP contribution in [0.1, 0.15) is 0 Å². The van der Waals surface area contributed by atoms with Crippen LogP contribution < -0.4 is 5.63 Å². The fraction of sp³-hybridized carbons (Fsp3) is 0. The molecule has 2 aromatic carbocycles. The van der Waals surface area contributed by atoms with Crippen molar-refractivity contribution in [3.63, 3.8) is 0 Å². The molecule has 0 unspecified atom stereocenters. The van der Waals surface area contributed by atoms with Gasteiger partial charge in [-0.15, -0.1) is 0 Å². The van der Waals surface area contributed by atoms with Crippen LogP contribution in [0.4, 0.5) is 11.4 Å². The van der Waals surface area contributed by atoms with Crippen molar-refractivity contribution < 1.29 is 0 Å². The van der Waals surface area contributed by atoms with Crippen molar-refractivity contribution in [2.24, 2.45) is 0 Å². The number of para-hydroxylation sites is 2. The average Bonchev–Trinajstić information content (AvgIpc) is 2.30. The van der Waals surface area contributed by atoms with E-state index in [1.54, 1.807) is 0 Å². The molecule has 0 N–H and O–H groups in total. The molecule has 0 bridgehead atoms. The van der Waals surface area contributed by atoms with Gasteiger partial charge in [0.05, 0.1) is 0 Å². The SMILES string of the molecule is c1ccc([N]2[Ge][N](c3ccccc3)[Ge]2)cc1. The van der Waals surface area contributed by atoms with E-state index in [0.29, 0.717) is 0 Å². The molecular formula is C12H10Ge2N2. The topological polar surface area (TPSA) is 6.48 Å². The average molecular weight is 327 g/mol. The summed E-state index contributed by atoms with van der Waals surface area (Å²) in [4.78, 5) is 0. The molecule has 4 heteroatoms. The molecule has 0 saturated carbocycles. The fourth-order valence-electron chi connectivity index (χ4n) is 1.59. The summed E-state index contributed by atoms with van der Waals surface area (Å²) >= 11 is -0.227. The molecule has 1 heterocycles. The molecule has 0 aromatic heterocycles. The molecule has 1 aliphatic rings. The van der Waals surface area contributed by atoms with E-state index in [4.69, 9.17) is 0 Å². The van der Waals surface area contributed by atoms with Crippen LogP contribution >= 0.6 is 0 Å². The van der Waals surface area contributed by atoms with Crippen molar-refractivity contribution >= 4 is 43.1 Å². The Morgan fingerprint density at radius 1 is 0.562 bits per heavy atom. The van der Waals surface area contributed by atoms with E-state index in [0.717, 1.165) is 0 Å². The molecule has 3 rings (SSSR count). The summed E-state index contributed by atoms with van der Waals surface area (Å²) < 4.78 is 5.21. The zero-order chi connectivity index (χ0) is 10.8. The van der Waals surface area contributed by atoms with E-state index in [9.17, 15) is 0 Å². The molecular weight excluding hydrogens is 317 g/mol. The molecule has 0 atom stereocenters. The first kappa shape index (κ1) is 10.3. The van der Waals surface area contributed by atoms with Crippen molar-refractivity contribution in [2.45, 2.75) is 0 Å². The quantitative estimate of drug-likeness (QED) is 0.779. The van der Waals surface area contributed by atoms with Crippen LogP contribution in [0.15, 0.2) is 60.7 Å². The van der Waals surface area contributed by atoms with E-state index in [-0.39, 0.29) is 31.8 Å². The van der Waals surface area contributed by atoms with Crippen LogP contribution in [0.3, 0.4) is 0 Å². The Kier molecular flexibility index (Phi) is 2.93. The van der Waals surface area contributed by atoms with E-state index in [2.05, 4.69) is 66.3 Å². The molecule has 1 saturated heterocycles. The van der Waals surface area contributed by atoms with E-state index < -0.39 is 0 Å². The van der Waals surface area contributed by atoms with Crippen molar-refractivity contribution in [3.8, 4) is 0 Å². The van der Waals surface area contributed by atoms with Gasteiger partial charge >= 0.3 is 109 Å². The molecule has 0 spiro atoms. The predicted molar refractivity (Wildman–Crippen MR) is 69.4 cm³/mol. The molecule has 76 valence electrons. The summed E-state index contributed by atoms with van der Waals surface area (Å²) in [7, 11) is 0. The summed E-state index contributed by atoms with van der Waals surface area (Å²) in [5.74, 6) is 0. The third kappa shape index (κ3) is 1.99. The van der Waals surface area contributed by atoms with Crippen molar-refractivity contribution in [3.05, 3.63) is 60.7 Å². The van der Waals surface area contributed by atoms with Crippen LogP contribution in [0.25, 0.3) is 0 Å². The van der Waals surface area contributed by atoms with Gasteiger partial charge in [-0.1, -0.05) is 0 Å². The maximum absolute atomic E-state index is 2.60. The summed E-state index contributed by atoms with van der Waals surface area (Å²) in [6.45, 7) is 0. The van der Waals surface area contributed by atoms with Gasteiger partial charge in [-0.05, 0) is 0 Å². The summed E-state index contributed by atoms with van der Waals surface area (Å²) in [5.41, 5.74) is 2.82. The first-order valence-electron chi connectivity index (χ1n) is 5.16. The Bertz CT molecular complexity index is 411. The van der Waals surface area contributed by atoms with Crippen LogP contribution in [0.2, 0.25) is 0 Å². The molecule has 0 aliphatic carbocycles. The predicted octanol–water partition coefficient (Wildman–Crippen LogP) is 2.08. The van der Waals surface area contributed by atoms with E-state index in [1.807, 2.05) is 0 Å². The minimum absolute atomic E-state index is 0.114. The number of hydrogen-bond donors (Lipinski definition) is 0. The van der Waals surface area contributed by atoms with Gasteiger partial charge in [-0.25, -0.2) is 0 Å². The summed E-state index contributed by atoms with van der Waals surface area (Å²) in [6.07, 6.45) is 0. The first-order valence-corrected chi connectivity index (χ1v) is 8.92. The standard InChI is InChI=1S/C12H10Ge2N2/c1-3-7-11(8-4-1)15-13-16(14-15)12-9-5-2-6-10-12/h1-10H. The molecule has 4 radical (unpaired) electrons. The van der Waals surface area contributed by atoms with Gasteiger partial charge in [-0.2, -0.15) is 0 Å². The van der Waals surface area contributed by atoms with Crippen molar-refractivity contribution in [1.82, 2.24) is 0 Å². The Morgan fingerprint density at radius 2 is 0.938 bits per heavy atom. The second-order valence-electron chi connectivity index (χ2n) is 3.54. The summed E-state index contributed by atoms with van der Waals surface area (Å²) in [6, 6.07) is 21.5. The Labute approximate surface area is 109 Å². The van der Waals surface area contributed by atoms with Gasteiger partial charge in [0, 0.05) is 0 Å². The Morgan fingerprint density at radius 3 is 1.31 bits per heavy atom. The van der Waals surface area contributed by atoms with Gasteiger partial charge in [0.25, 0.3) is 0 Å². The third-order valence-corrected chi connectivity index (χ3v) is 10.6. The zero-order valence-corrected chi connectivity index (χ0v) is 12.9. The number of anilines is 2. The molecule has 0 amide bonds. The monoisotopic (exact) mass is 330 g/mol. The van der Waals surface area contributed by atoms with Crippen LogP contribution in [0, 0.1) is 0 Å². The van der Waals surface area contributed by atoms with Crippen LogP contribution in [-0.4, -0.2) is 31.8 Å². The number of benzene rings is 2. The second kappa shape index (κ2) is 4.55. The molecule has 2 aromatic rings. The van der Waals surface area contributed by atoms with E-state index in [1.165, 1.54) is 11.4 Å². The Hall–Kier alpha value is -0.874. The molecule has 2 nitrogen and oxygen atoms in total.